The van der Waals surface area contributed by atoms with Crippen LogP contribution in [0.2, 0.25) is 0 Å². The van der Waals surface area contributed by atoms with Crippen LogP contribution in [-0.4, -0.2) is 23.3 Å². The number of hydrogen-bond donors (Lipinski definition) is 1. The lowest BCUT2D eigenvalue weighted by atomic mass is 10.1. The van der Waals surface area contributed by atoms with Crippen LogP contribution >= 0.6 is 0 Å². The van der Waals surface area contributed by atoms with Gasteiger partial charge >= 0.3 is 0 Å². The molecule has 2 aromatic rings. The van der Waals surface area contributed by atoms with Crippen LogP contribution in [0.1, 0.15) is 31.7 Å². The Labute approximate surface area is 118 Å². The molecule has 1 heterocycles. The lowest BCUT2D eigenvalue weighted by molar-refractivity contribution is 0.595. The number of nitrogens with one attached hydrogen (secondary N) is 1. The number of aromatic nitrogens is 3. The fraction of sp³-hybridized carbons (Fsp3) is 0.385. The van der Waals surface area contributed by atoms with Crippen LogP contribution in [0.15, 0.2) is 41.8 Å². The Morgan fingerprint density at radius 3 is 2.35 bits per heavy atom. The van der Waals surface area contributed by atoms with Gasteiger partial charge in [0.05, 0.1) is 4.90 Å². The van der Waals surface area contributed by atoms with E-state index in [2.05, 4.69) is 22.0 Å². The van der Waals surface area contributed by atoms with Gasteiger partial charge in [-0.2, -0.15) is 8.42 Å². The van der Waals surface area contributed by atoms with E-state index >= 15 is 0 Å². The summed E-state index contributed by atoms with van der Waals surface area (Å²) in [5.74, 6) is 0. The molecule has 0 bridgehead atoms. The van der Waals surface area contributed by atoms with Crippen molar-refractivity contribution in [2.24, 2.45) is 0 Å². The van der Waals surface area contributed by atoms with Crippen molar-refractivity contribution in [3.63, 3.8) is 0 Å². The van der Waals surface area contributed by atoms with Crippen LogP contribution in [0, 0.1) is 0 Å². The first-order valence-electron chi connectivity index (χ1n) is 6.58. The highest BCUT2D eigenvalue weighted by molar-refractivity contribution is 7.92. The van der Waals surface area contributed by atoms with Gasteiger partial charge in [0.25, 0.3) is 10.0 Å². The normalized spacial score (nSPS) is 11.4. The van der Waals surface area contributed by atoms with Crippen LogP contribution in [0.25, 0.3) is 0 Å². The van der Waals surface area contributed by atoms with Crippen molar-refractivity contribution in [1.82, 2.24) is 14.9 Å². The first kappa shape index (κ1) is 14.5. The largest absolute Gasteiger partial charge is 0.275 e. The lowest BCUT2D eigenvalue weighted by Crippen LogP contribution is -2.21. The van der Waals surface area contributed by atoms with Crippen LogP contribution < -0.4 is 4.83 Å². The van der Waals surface area contributed by atoms with Crippen LogP contribution in [0.4, 0.5) is 0 Å². The number of nitrogens with zero attached hydrogens (tertiary/aromatic N) is 3. The third kappa shape index (κ3) is 3.80. The summed E-state index contributed by atoms with van der Waals surface area (Å²) in [6, 6.07) is 6.95. The second kappa shape index (κ2) is 6.51. The zero-order chi connectivity index (χ0) is 14.4. The van der Waals surface area contributed by atoms with Gasteiger partial charge in [-0.3, -0.25) is 0 Å². The van der Waals surface area contributed by atoms with Crippen LogP contribution in [0.5, 0.6) is 0 Å². The van der Waals surface area contributed by atoms with Gasteiger partial charge in [0.1, 0.15) is 12.7 Å². The Balaban J connectivity index is 2.05. The third-order valence-electron chi connectivity index (χ3n) is 2.95. The Morgan fingerprint density at radius 2 is 1.75 bits per heavy atom. The summed E-state index contributed by atoms with van der Waals surface area (Å²) >= 11 is 0. The number of benzene rings is 1. The molecule has 0 spiro atoms. The molecule has 0 radical (unpaired) electrons. The van der Waals surface area contributed by atoms with Gasteiger partial charge in [0.15, 0.2) is 0 Å². The van der Waals surface area contributed by atoms with Crippen molar-refractivity contribution in [3.05, 3.63) is 42.5 Å². The molecule has 0 aliphatic heterocycles. The molecule has 108 valence electrons. The van der Waals surface area contributed by atoms with Gasteiger partial charge in [-0.15, -0.1) is 10.2 Å². The molecule has 6 nitrogen and oxygen atoms in total. The van der Waals surface area contributed by atoms with Crippen molar-refractivity contribution in [2.45, 2.75) is 37.5 Å². The van der Waals surface area contributed by atoms with Gasteiger partial charge in [0.2, 0.25) is 0 Å². The molecule has 0 saturated heterocycles. The van der Waals surface area contributed by atoms with E-state index in [0.717, 1.165) is 18.4 Å². The molecule has 1 N–H and O–H groups in total. The highest BCUT2D eigenvalue weighted by Crippen LogP contribution is 2.13. The van der Waals surface area contributed by atoms with Gasteiger partial charge in [-0.1, -0.05) is 31.9 Å². The van der Waals surface area contributed by atoms with Crippen molar-refractivity contribution in [2.75, 3.05) is 4.83 Å². The van der Waals surface area contributed by atoms with E-state index in [-0.39, 0.29) is 4.90 Å². The number of sulfonamides is 1. The van der Waals surface area contributed by atoms with Crippen molar-refractivity contribution < 1.29 is 8.42 Å². The van der Waals surface area contributed by atoms with Crippen molar-refractivity contribution in [1.29, 1.82) is 0 Å². The first-order valence-corrected chi connectivity index (χ1v) is 8.06. The molecule has 0 aliphatic rings. The van der Waals surface area contributed by atoms with E-state index in [0.29, 0.717) is 0 Å². The predicted molar refractivity (Wildman–Crippen MR) is 76.2 cm³/mol. The Kier molecular flexibility index (Phi) is 4.73. The molecule has 0 saturated carbocycles. The molecular formula is C13H18N4O2S. The molecule has 7 heteroatoms. The van der Waals surface area contributed by atoms with Crippen molar-refractivity contribution >= 4 is 10.0 Å². The van der Waals surface area contributed by atoms with Crippen molar-refractivity contribution in [3.8, 4) is 0 Å². The maximum Gasteiger partial charge on any atom is 0.275 e. The summed E-state index contributed by atoms with van der Waals surface area (Å²) < 4.78 is 25.4. The van der Waals surface area contributed by atoms with E-state index in [9.17, 15) is 8.42 Å². The average Bonchev–Trinajstić information content (AvgIpc) is 2.92. The minimum absolute atomic E-state index is 0.227. The number of unbranched alkanes of at least 4 members (excludes halogenated alkanes) is 2. The molecule has 0 atom stereocenters. The maximum absolute atomic E-state index is 12.1. The van der Waals surface area contributed by atoms with Gasteiger partial charge < -0.3 is 0 Å². The SMILES string of the molecule is CCCCCc1ccc(S(=O)(=O)Nn2cnnc2)cc1. The average molecular weight is 294 g/mol. The van der Waals surface area contributed by atoms with E-state index in [4.69, 9.17) is 0 Å². The monoisotopic (exact) mass is 294 g/mol. The second-order valence-corrected chi connectivity index (χ2v) is 6.23. The quantitative estimate of drug-likeness (QED) is 0.792. The van der Waals surface area contributed by atoms with Gasteiger partial charge in [-0.25, -0.2) is 9.51 Å². The smallest absolute Gasteiger partial charge is 0.221 e. The molecule has 20 heavy (non-hydrogen) atoms. The topological polar surface area (TPSA) is 76.9 Å². The summed E-state index contributed by atoms with van der Waals surface area (Å²) in [7, 11) is -3.59. The van der Waals surface area contributed by atoms with E-state index < -0.39 is 10.0 Å². The van der Waals surface area contributed by atoms with Crippen LogP contribution in [0.3, 0.4) is 0 Å². The molecule has 0 aliphatic carbocycles. The molecule has 0 amide bonds. The Hall–Kier alpha value is -1.89. The molecule has 1 aromatic carbocycles. The second-order valence-electron chi connectivity index (χ2n) is 4.56. The zero-order valence-corrected chi connectivity index (χ0v) is 12.2. The summed E-state index contributed by atoms with van der Waals surface area (Å²) in [6.45, 7) is 2.16. The van der Waals surface area contributed by atoms with E-state index in [1.54, 1.807) is 12.1 Å². The lowest BCUT2D eigenvalue weighted by Gasteiger charge is -2.08. The zero-order valence-electron chi connectivity index (χ0n) is 11.4. The maximum atomic E-state index is 12.1. The minimum Gasteiger partial charge on any atom is -0.221 e. The summed E-state index contributed by atoms with van der Waals surface area (Å²) in [5.41, 5.74) is 1.15. The first-order chi connectivity index (χ1) is 9.62. The van der Waals surface area contributed by atoms with E-state index in [1.165, 1.54) is 30.2 Å². The fourth-order valence-corrected chi connectivity index (χ4v) is 2.83. The van der Waals surface area contributed by atoms with E-state index in [1.807, 2.05) is 12.1 Å². The van der Waals surface area contributed by atoms with Gasteiger partial charge in [0, 0.05) is 0 Å². The summed E-state index contributed by atoms with van der Waals surface area (Å²) in [4.78, 5) is 2.58. The highest BCUT2D eigenvalue weighted by Gasteiger charge is 2.13. The minimum atomic E-state index is -3.59. The Bertz CT molecular complexity index is 621. The van der Waals surface area contributed by atoms with Gasteiger partial charge in [-0.05, 0) is 30.5 Å². The molecule has 0 unspecified atom stereocenters. The molecule has 2 rings (SSSR count). The third-order valence-corrected chi connectivity index (χ3v) is 4.29. The summed E-state index contributed by atoms with van der Waals surface area (Å²) in [6.07, 6.45) is 7.05. The fourth-order valence-electron chi connectivity index (χ4n) is 1.85. The van der Waals surface area contributed by atoms with Crippen LogP contribution in [-0.2, 0) is 16.4 Å². The summed E-state index contributed by atoms with van der Waals surface area (Å²) in [5, 5.41) is 7.08. The number of aryl methyl sites for hydroxylation is 1. The number of hydrogen-bond acceptors (Lipinski definition) is 4. The molecule has 0 fully saturated rings. The molecular weight excluding hydrogens is 276 g/mol. The standard InChI is InChI=1S/C13H18N4O2S/c1-2-3-4-5-12-6-8-13(9-7-12)20(18,19)16-17-10-14-15-11-17/h6-11,16H,2-5H2,1H3. The number of rotatable bonds is 7. The molecule has 1 aromatic heterocycles. The highest BCUT2D eigenvalue weighted by atomic mass is 32.2. The predicted octanol–water partition coefficient (Wildman–Crippen LogP) is 1.94. The Morgan fingerprint density at radius 1 is 1.10 bits per heavy atom.